The fourth-order valence-corrected chi connectivity index (χ4v) is 3.51. The first kappa shape index (κ1) is 23.0. The molecule has 0 radical (unpaired) electrons. The average molecular weight is 325 g/mol. The molecule has 140 valence electrons. The third-order valence-electron chi connectivity index (χ3n) is 5.21. The van der Waals surface area contributed by atoms with Gasteiger partial charge in [0.2, 0.25) is 0 Å². The first-order valence-corrected chi connectivity index (χ1v) is 11.4. The molecule has 0 rings (SSSR count). The lowest BCUT2D eigenvalue weighted by Gasteiger charge is -2.04. The summed E-state index contributed by atoms with van der Waals surface area (Å²) in [6.07, 6.45) is 30.9. The van der Waals surface area contributed by atoms with E-state index in [1.165, 1.54) is 135 Å². The normalized spacial score (nSPS) is 11.2. The Morgan fingerprint density at radius 3 is 0.478 bits per heavy atom. The second kappa shape index (κ2) is 22.0. The molecule has 0 aliphatic carbocycles. The topological polar surface area (TPSA) is 0 Å². The lowest BCUT2D eigenvalue weighted by molar-refractivity contribution is 0.521. The third kappa shape index (κ3) is 22.0. The molecule has 0 saturated heterocycles. The smallest absolute Gasteiger partial charge is 0.0533 e. The van der Waals surface area contributed by atoms with E-state index in [9.17, 15) is 0 Å². The van der Waals surface area contributed by atoms with Crippen molar-refractivity contribution in [3.8, 4) is 0 Å². The molecule has 0 amide bonds. The quantitative estimate of drug-likeness (QED) is 0.196. The molecule has 0 bridgehead atoms. The van der Waals surface area contributed by atoms with Crippen molar-refractivity contribution in [1.82, 2.24) is 0 Å². The zero-order valence-electron chi connectivity index (χ0n) is 16.8. The second-order valence-electron chi connectivity index (χ2n) is 7.72. The van der Waals surface area contributed by atoms with Gasteiger partial charge in [-0.25, -0.2) is 0 Å². The second-order valence-corrected chi connectivity index (χ2v) is 7.72. The fourth-order valence-electron chi connectivity index (χ4n) is 3.51. The highest BCUT2D eigenvalue weighted by molar-refractivity contribution is 4.50. The third-order valence-corrected chi connectivity index (χ3v) is 5.21. The van der Waals surface area contributed by atoms with Gasteiger partial charge >= 0.3 is 0 Å². The van der Waals surface area contributed by atoms with Crippen LogP contribution in [0.25, 0.3) is 0 Å². The molecular weight excluding hydrogens is 276 g/mol. The molecule has 0 fully saturated rings. The molecule has 0 saturated carbocycles. The predicted molar refractivity (Wildman–Crippen MR) is 108 cm³/mol. The maximum Gasteiger partial charge on any atom is -0.0533 e. The minimum absolute atomic E-state index is 1.37. The molecule has 0 heterocycles. The molecule has 0 spiro atoms. The molecule has 0 atom stereocenters. The molecule has 23 heavy (non-hydrogen) atoms. The van der Waals surface area contributed by atoms with Gasteiger partial charge < -0.3 is 0 Å². The molecule has 0 aromatic rings. The van der Waals surface area contributed by atoms with Crippen LogP contribution in [0.4, 0.5) is 0 Å². The van der Waals surface area contributed by atoms with E-state index in [-0.39, 0.29) is 0 Å². The number of hydrogen-bond donors (Lipinski definition) is 0. The van der Waals surface area contributed by atoms with Gasteiger partial charge in [0.05, 0.1) is 0 Å². The summed E-state index contributed by atoms with van der Waals surface area (Å²) in [5, 5.41) is 0. The minimum atomic E-state index is 1.37. The van der Waals surface area contributed by atoms with Crippen LogP contribution in [0.2, 0.25) is 0 Å². The predicted octanol–water partition coefficient (Wildman–Crippen LogP) is 9.22. The lowest BCUT2D eigenvalue weighted by atomic mass is 10.0. The zero-order chi connectivity index (χ0) is 16.8. The van der Waals surface area contributed by atoms with Gasteiger partial charge in [-0.05, 0) is 0 Å². The Balaban J connectivity index is 2.92. The molecule has 0 aromatic carbocycles. The molecule has 0 aliphatic rings. The van der Waals surface area contributed by atoms with Crippen molar-refractivity contribution >= 4 is 0 Å². The molecule has 0 aliphatic heterocycles. The van der Waals surface area contributed by atoms with E-state index in [0.717, 1.165) is 0 Å². The van der Waals surface area contributed by atoms with Gasteiger partial charge in [-0.3, -0.25) is 0 Å². The number of hydrogen-bond acceptors (Lipinski definition) is 0. The Kier molecular flexibility index (Phi) is 22.0. The average Bonchev–Trinajstić information content (AvgIpc) is 2.57. The van der Waals surface area contributed by atoms with E-state index in [1.54, 1.807) is 0 Å². The molecule has 0 nitrogen and oxygen atoms in total. The Morgan fingerprint density at radius 2 is 0.348 bits per heavy atom. The summed E-state index contributed by atoms with van der Waals surface area (Å²) in [7, 11) is 0. The number of unbranched alkanes of at least 4 members (excludes halogenated alkanes) is 20. The molecule has 0 unspecified atom stereocenters. The monoisotopic (exact) mass is 324 g/mol. The Hall–Kier alpha value is 0. The van der Waals surface area contributed by atoms with Crippen LogP contribution in [-0.2, 0) is 0 Å². The summed E-state index contributed by atoms with van der Waals surface area (Å²) in [4.78, 5) is 0. The van der Waals surface area contributed by atoms with E-state index >= 15 is 0 Å². The summed E-state index contributed by atoms with van der Waals surface area (Å²) in [6.45, 7) is 4.60. The van der Waals surface area contributed by atoms with Crippen LogP contribution in [0.1, 0.15) is 149 Å². The van der Waals surface area contributed by atoms with Crippen LogP contribution in [0.3, 0.4) is 0 Å². The summed E-state index contributed by atoms with van der Waals surface area (Å²) in [6, 6.07) is 0. The summed E-state index contributed by atoms with van der Waals surface area (Å²) >= 11 is 0. The van der Waals surface area contributed by atoms with Gasteiger partial charge in [0, 0.05) is 0 Å². The van der Waals surface area contributed by atoms with Crippen molar-refractivity contribution in [2.75, 3.05) is 0 Å². The summed E-state index contributed by atoms with van der Waals surface area (Å²) in [5.74, 6) is 0. The van der Waals surface area contributed by atoms with E-state index in [1.807, 2.05) is 0 Å². The summed E-state index contributed by atoms with van der Waals surface area (Å²) < 4.78 is 0. The van der Waals surface area contributed by atoms with Crippen LogP contribution in [0.15, 0.2) is 0 Å². The number of rotatable bonds is 20. The van der Waals surface area contributed by atoms with Gasteiger partial charge in [0.15, 0.2) is 0 Å². The van der Waals surface area contributed by atoms with Crippen molar-refractivity contribution < 1.29 is 0 Å². The van der Waals surface area contributed by atoms with E-state index in [2.05, 4.69) is 13.8 Å². The van der Waals surface area contributed by atoms with Crippen molar-refractivity contribution in [2.24, 2.45) is 0 Å². The van der Waals surface area contributed by atoms with E-state index in [0.29, 0.717) is 0 Å². The first-order valence-electron chi connectivity index (χ1n) is 11.4. The van der Waals surface area contributed by atoms with Gasteiger partial charge in [-0.1, -0.05) is 149 Å². The van der Waals surface area contributed by atoms with Crippen molar-refractivity contribution in [2.45, 2.75) is 149 Å². The highest BCUT2D eigenvalue weighted by atomic mass is 14.0. The SMILES string of the molecule is CCCCCCCCCCCCCCCCCCCCCCC. The summed E-state index contributed by atoms with van der Waals surface area (Å²) in [5.41, 5.74) is 0. The van der Waals surface area contributed by atoms with Gasteiger partial charge in [-0.15, -0.1) is 0 Å². The fraction of sp³-hybridized carbons (Fsp3) is 1.00. The maximum absolute atomic E-state index is 2.30. The molecule has 0 aromatic heterocycles. The first-order chi connectivity index (χ1) is 11.4. The van der Waals surface area contributed by atoms with Crippen LogP contribution >= 0.6 is 0 Å². The van der Waals surface area contributed by atoms with Crippen LogP contribution in [-0.4, -0.2) is 0 Å². The Morgan fingerprint density at radius 1 is 0.217 bits per heavy atom. The Bertz CT molecular complexity index is 164. The highest BCUT2D eigenvalue weighted by Crippen LogP contribution is 2.14. The maximum atomic E-state index is 2.30. The van der Waals surface area contributed by atoms with Gasteiger partial charge in [-0.2, -0.15) is 0 Å². The lowest BCUT2D eigenvalue weighted by Crippen LogP contribution is -1.84. The van der Waals surface area contributed by atoms with E-state index in [4.69, 9.17) is 0 Å². The minimum Gasteiger partial charge on any atom is -0.0654 e. The van der Waals surface area contributed by atoms with Crippen LogP contribution in [0, 0.1) is 0 Å². The van der Waals surface area contributed by atoms with Crippen molar-refractivity contribution in [3.05, 3.63) is 0 Å². The largest absolute Gasteiger partial charge is 0.0654 e. The Labute approximate surface area is 149 Å². The zero-order valence-corrected chi connectivity index (χ0v) is 16.8. The molecule has 0 N–H and O–H groups in total. The van der Waals surface area contributed by atoms with Crippen LogP contribution in [0.5, 0.6) is 0 Å². The standard InChI is InChI=1S/C23H48/c1-3-5-7-9-11-13-15-17-19-21-23-22-20-18-16-14-12-10-8-6-4-2/h3-23H2,1-2H3. The molecular formula is C23H48. The van der Waals surface area contributed by atoms with Crippen molar-refractivity contribution in [3.63, 3.8) is 0 Å². The van der Waals surface area contributed by atoms with Gasteiger partial charge in [0.25, 0.3) is 0 Å². The highest BCUT2D eigenvalue weighted by Gasteiger charge is 1.95. The van der Waals surface area contributed by atoms with Gasteiger partial charge in [0.1, 0.15) is 0 Å². The van der Waals surface area contributed by atoms with Crippen molar-refractivity contribution in [1.29, 1.82) is 0 Å². The van der Waals surface area contributed by atoms with E-state index < -0.39 is 0 Å². The van der Waals surface area contributed by atoms with Crippen LogP contribution < -0.4 is 0 Å². The molecule has 0 heteroatoms.